The maximum atomic E-state index is 13.7. The third kappa shape index (κ3) is 14.9. The van der Waals surface area contributed by atoms with Crippen molar-refractivity contribution in [3.05, 3.63) is 83.4 Å². The lowest BCUT2D eigenvalue weighted by atomic mass is 9.86. The van der Waals surface area contributed by atoms with Crippen LogP contribution in [-0.4, -0.2) is 72.3 Å². The number of aromatic hydroxyl groups is 1. The van der Waals surface area contributed by atoms with Gasteiger partial charge in [0.05, 0.1) is 19.8 Å². The monoisotopic (exact) mass is 774 g/mol. The van der Waals surface area contributed by atoms with Crippen molar-refractivity contribution in [2.45, 2.75) is 96.6 Å². The minimum Gasteiger partial charge on any atom is -0.507 e. The summed E-state index contributed by atoms with van der Waals surface area (Å²) in [6, 6.07) is 18.2. The minimum atomic E-state index is -1.08. The van der Waals surface area contributed by atoms with E-state index in [9.17, 15) is 19.2 Å². The minimum absolute atomic E-state index is 0.0505. The number of benzene rings is 3. The Morgan fingerprint density at radius 3 is 2.16 bits per heavy atom. The predicted octanol–water partition coefficient (Wildman–Crippen LogP) is 7.50. The molecule has 0 radical (unpaired) electrons. The Labute approximate surface area is 331 Å². The molecule has 1 aliphatic heterocycles. The molecule has 2 aliphatic rings. The maximum absolute atomic E-state index is 13.7. The molecule has 1 aliphatic carbocycles. The number of phenols is 1. The number of hydrogen-bond acceptors (Lipinski definition) is 9. The Morgan fingerprint density at radius 2 is 1.54 bits per heavy atom. The first-order chi connectivity index (χ1) is 27.1. The van der Waals surface area contributed by atoms with E-state index in [0.717, 1.165) is 31.2 Å². The van der Waals surface area contributed by atoms with Crippen LogP contribution in [0.4, 0.5) is 0 Å². The van der Waals surface area contributed by atoms with Crippen molar-refractivity contribution in [2.24, 2.45) is 11.7 Å². The first kappa shape index (κ1) is 46.5. The summed E-state index contributed by atoms with van der Waals surface area (Å²) in [6.45, 7) is 4.10. The Hall–Kier alpha value is -5.70. The number of esters is 1. The second-order valence-electron chi connectivity index (χ2n) is 13.1. The number of rotatable bonds is 14. The summed E-state index contributed by atoms with van der Waals surface area (Å²) < 4.78 is 22.4. The molecule has 304 valence electrons. The van der Waals surface area contributed by atoms with Gasteiger partial charge in [-0.3, -0.25) is 9.59 Å². The maximum Gasteiger partial charge on any atom is 0.341 e. The van der Waals surface area contributed by atoms with Crippen molar-refractivity contribution in [1.82, 2.24) is 4.90 Å². The highest BCUT2D eigenvalue weighted by Crippen LogP contribution is 2.33. The van der Waals surface area contributed by atoms with Gasteiger partial charge in [-0.1, -0.05) is 63.4 Å². The number of hydrogen-bond donors (Lipinski definition) is 3. The van der Waals surface area contributed by atoms with Crippen LogP contribution in [0, 0.1) is 18.8 Å². The zero-order chi connectivity index (χ0) is 41.5. The molecule has 56 heavy (non-hydrogen) atoms. The number of terminal acetylenes is 1. The number of carbonyl (C=O) groups is 4. The number of aryl methyl sites for hydroxylation is 1. The highest BCUT2D eigenvalue weighted by Gasteiger charge is 2.35. The van der Waals surface area contributed by atoms with Crippen LogP contribution in [0.3, 0.4) is 0 Å². The fraction of sp³-hybridized carbons (Fsp3) is 0.455. The molecular weight excluding hydrogens is 716 g/mol. The number of nitrogens with zero attached hydrogens (tertiary/aromatic N) is 1. The Bertz CT molecular complexity index is 1700. The van der Waals surface area contributed by atoms with Gasteiger partial charge in [-0.05, 0) is 98.4 Å². The normalized spacial score (nSPS) is 15.4. The summed E-state index contributed by atoms with van der Waals surface area (Å²) in [4.78, 5) is 50.4. The average molecular weight is 775 g/mol. The molecule has 3 aromatic carbocycles. The smallest absolute Gasteiger partial charge is 0.341 e. The molecule has 0 spiro atoms. The number of carboxylic acids is 1. The topological polar surface area (TPSA) is 175 Å². The second kappa shape index (κ2) is 25.4. The zero-order valence-electron chi connectivity index (χ0n) is 33.1. The molecule has 0 aromatic heterocycles. The van der Waals surface area contributed by atoms with Crippen molar-refractivity contribution in [2.75, 3.05) is 27.4 Å². The number of amides is 2. The summed E-state index contributed by atoms with van der Waals surface area (Å²) in [5.74, 6) is -0.100. The molecular formula is C44H58N2O10. The molecule has 3 aromatic rings. The number of nitrogens with two attached hydrogens (primary N) is 1. The van der Waals surface area contributed by atoms with E-state index < -0.39 is 36.6 Å². The highest BCUT2D eigenvalue weighted by atomic mass is 16.5. The van der Waals surface area contributed by atoms with E-state index in [2.05, 4.69) is 12.8 Å². The third-order valence-electron chi connectivity index (χ3n) is 9.45. The highest BCUT2D eigenvalue weighted by molar-refractivity contribution is 5.95. The van der Waals surface area contributed by atoms with Crippen LogP contribution < -0.4 is 19.9 Å². The first-order valence-corrected chi connectivity index (χ1v) is 19.2. The predicted molar refractivity (Wildman–Crippen MR) is 215 cm³/mol. The van der Waals surface area contributed by atoms with Gasteiger partial charge in [-0.15, -0.1) is 12.8 Å². The number of carbonyl (C=O) groups excluding carboxylic acids is 3. The summed E-state index contributed by atoms with van der Waals surface area (Å²) in [7, 11) is 3.17. The van der Waals surface area contributed by atoms with Gasteiger partial charge >= 0.3 is 11.9 Å². The number of aliphatic carboxylic acids is 1. The number of para-hydroxylation sites is 1. The van der Waals surface area contributed by atoms with Gasteiger partial charge in [0.2, 0.25) is 5.91 Å². The fourth-order valence-electron chi connectivity index (χ4n) is 6.71. The van der Waals surface area contributed by atoms with Crippen LogP contribution in [0.5, 0.6) is 23.0 Å². The van der Waals surface area contributed by atoms with E-state index in [-0.39, 0.29) is 17.2 Å². The van der Waals surface area contributed by atoms with Crippen LogP contribution in [-0.2, 0) is 25.5 Å². The molecule has 2 unspecified atom stereocenters. The van der Waals surface area contributed by atoms with Gasteiger partial charge in [0, 0.05) is 13.0 Å². The molecule has 2 fully saturated rings. The number of methoxy groups -OCH3 is 2. The number of carboxylic acid groups (broad SMARTS) is 1. The van der Waals surface area contributed by atoms with Gasteiger partial charge in [-0.2, -0.15) is 0 Å². The molecule has 12 heteroatoms. The molecule has 1 saturated heterocycles. The van der Waals surface area contributed by atoms with Crippen molar-refractivity contribution < 1.29 is 48.3 Å². The largest absolute Gasteiger partial charge is 0.507 e. The molecule has 2 atom stereocenters. The Morgan fingerprint density at radius 1 is 0.857 bits per heavy atom. The molecule has 5 rings (SSSR count). The average Bonchev–Trinajstić information content (AvgIpc) is 3.23. The second-order valence-corrected chi connectivity index (χ2v) is 13.1. The van der Waals surface area contributed by atoms with Crippen LogP contribution in [0.1, 0.15) is 106 Å². The van der Waals surface area contributed by atoms with Gasteiger partial charge in [0.25, 0.3) is 5.91 Å². The van der Waals surface area contributed by atoms with Crippen molar-refractivity contribution >= 4 is 23.8 Å². The summed E-state index contributed by atoms with van der Waals surface area (Å²) in [5, 5.41) is 18.0. The van der Waals surface area contributed by atoms with E-state index in [0.29, 0.717) is 61.0 Å². The lowest BCUT2D eigenvalue weighted by Gasteiger charge is -2.36. The molecule has 1 heterocycles. The van der Waals surface area contributed by atoms with Gasteiger partial charge in [0.15, 0.2) is 18.1 Å². The van der Waals surface area contributed by atoms with Gasteiger partial charge in [-0.25, -0.2) is 9.59 Å². The van der Waals surface area contributed by atoms with Crippen molar-refractivity contribution in [3.8, 4) is 35.8 Å². The van der Waals surface area contributed by atoms with Crippen LogP contribution in [0.2, 0.25) is 0 Å². The van der Waals surface area contributed by atoms with Gasteiger partial charge < -0.3 is 39.8 Å². The lowest BCUT2D eigenvalue weighted by molar-refractivity contribution is -0.162. The van der Waals surface area contributed by atoms with Crippen molar-refractivity contribution in [1.29, 1.82) is 0 Å². The number of piperidine rings is 1. The Kier molecular flexibility index (Phi) is 21.1. The van der Waals surface area contributed by atoms with E-state index in [1.807, 2.05) is 38.1 Å². The first-order valence-electron chi connectivity index (χ1n) is 19.2. The standard InChI is InChI=1S/C33H43NO8.C7H7NO2.C2H6.C2H2/c1-39-29-17-15-24(19-30(29)40-2)14-16-28(25-11-8-12-26(21-25)41-22-32(36)37)42-33(38)27-13-6-7-18-34(27)31(35)20-23-9-4-3-5-10-23;8-7(10)5-3-1-2-4-6(5)9;2*1-2/h8,11-12,15,17,19,21,23,27-28H,3-7,9-10,13-14,16,18,20,22H2,1-2H3,(H,36,37);1-4,9H,(H2,8,10);1-2H3;1-2H. The summed E-state index contributed by atoms with van der Waals surface area (Å²) >= 11 is 0. The van der Waals surface area contributed by atoms with Crippen LogP contribution in [0.15, 0.2) is 66.7 Å². The number of primary amides is 1. The van der Waals surface area contributed by atoms with Crippen LogP contribution >= 0.6 is 0 Å². The summed E-state index contributed by atoms with van der Waals surface area (Å²) in [6.07, 6.45) is 17.0. The quantitative estimate of drug-likeness (QED) is 0.110. The number of ether oxygens (including phenoxy) is 4. The molecule has 4 N–H and O–H groups in total. The SMILES string of the molecule is C#C.CC.COc1ccc(CCC(OC(=O)C2CCCCN2C(=O)CC2CCCCC2)c2cccc(OCC(=O)O)c2)cc1OC.NC(=O)c1ccccc1O. The van der Waals surface area contributed by atoms with E-state index in [4.69, 9.17) is 34.9 Å². The van der Waals surface area contributed by atoms with E-state index in [1.165, 1.54) is 31.4 Å². The van der Waals surface area contributed by atoms with Crippen LogP contribution in [0.25, 0.3) is 0 Å². The fourth-order valence-corrected chi connectivity index (χ4v) is 6.71. The molecule has 0 bridgehead atoms. The number of likely N-dealkylation sites (tertiary alicyclic amines) is 1. The van der Waals surface area contributed by atoms with Gasteiger partial charge in [0.1, 0.15) is 23.6 Å². The third-order valence-corrected chi connectivity index (χ3v) is 9.45. The lowest BCUT2D eigenvalue weighted by Crippen LogP contribution is -2.49. The Balaban J connectivity index is 0.000000659. The summed E-state index contributed by atoms with van der Waals surface area (Å²) in [5.41, 5.74) is 6.75. The molecule has 1 saturated carbocycles. The van der Waals surface area contributed by atoms with E-state index in [1.54, 1.807) is 49.5 Å². The molecule has 12 nitrogen and oxygen atoms in total. The van der Waals surface area contributed by atoms with Crippen molar-refractivity contribution in [3.63, 3.8) is 0 Å². The van der Waals surface area contributed by atoms with E-state index >= 15 is 0 Å². The molecule has 2 amide bonds. The zero-order valence-corrected chi connectivity index (χ0v) is 33.1.